The number of nitrogens with zero attached hydrogens (tertiary/aromatic N) is 1. The van der Waals surface area contributed by atoms with Crippen LogP contribution in [0.5, 0.6) is 5.75 Å². The third kappa shape index (κ3) is 5.38. The fourth-order valence-corrected chi connectivity index (χ4v) is 1.78. The minimum absolute atomic E-state index is 0.00905. The van der Waals surface area contributed by atoms with Crippen LogP contribution in [-0.4, -0.2) is 62.9 Å². The Morgan fingerprint density at radius 2 is 1.95 bits per heavy atom. The zero-order chi connectivity index (χ0) is 14.3. The maximum absolute atomic E-state index is 12.0. The molecule has 0 radical (unpaired) electrons. The van der Waals surface area contributed by atoms with Crippen molar-refractivity contribution in [3.8, 4) is 5.75 Å². The average Bonchev–Trinajstić information content (AvgIpc) is 2.38. The number of carbonyl (C=O) groups excluding carboxylic acids is 1. The molecule has 1 N–H and O–H groups in total. The summed E-state index contributed by atoms with van der Waals surface area (Å²) in [6.45, 7) is 0.921. The number of likely N-dealkylation sites (N-methyl/N-ethyl adjacent to an activating group) is 1. The molecule has 0 saturated heterocycles. The van der Waals surface area contributed by atoms with Gasteiger partial charge in [-0.25, -0.2) is 0 Å². The molecule has 0 heterocycles. The van der Waals surface area contributed by atoms with E-state index in [9.17, 15) is 9.90 Å². The molecular formula is C14H21NO4. The van der Waals surface area contributed by atoms with Crippen molar-refractivity contribution >= 4 is 5.78 Å². The number of ketones is 1. The van der Waals surface area contributed by atoms with Crippen LogP contribution in [0.1, 0.15) is 10.4 Å². The summed E-state index contributed by atoms with van der Waals surface area (Å²) in [5.74, 6) is 0.732. The van der Waals surface area contributed by atoms with Crippen molar-refractivity contribution in [2.45, 2.75) is 6.10 Å². The molecule has 5 nitrogen and oxygen atoms in total. The number of hydrogen-bond donors (Lipinski definition) is 1. The molecule has 0 fully saturated rings. The van der Waals surface area contributed by atoms with Gasteiger partial charge in [-0.3, -0.25) is 9.69 Å². The highest BCUT2D eigenvalue weighted by molar-refractivity contribution is 5.97. The SMILES string of the molecule is COCC(O)CN(C)CC(=O)c1ccc(OC)cc1. The number of Topliss-reactive ketones (excluding diaryl/α,β-unsaturated/α-hetero) is 1. The molecule has 0 bridgehead atoms. The third-order valence-corrected chi connectivity index (χ3v) is 2.71. The van der Waals surface area contributed by atoms with E-state index in [4.69, 9.17) is 9.47 Å². The first-order chi connectivity index (χ1) is 9.06. The molecule has 1 aromatic rings. The lowest BCUT2D eigenvalue weighted by Gasteiger charge is -2.19. The molecule has 1 aromatic carbocycles. The number of ether oxygens (including phenoxy) is 2. The molecule has 0 amide bonds. The highest BCUT2D eigenvalue weighted by atomic mass is 16.5. The van der Waals surface area contributed by atoms with Crippen molar-refractivity contribution < 1.29 is 19.4 Å². The van der Waals surface area contributed by atoms with Gasteiger partial charge in [0.1, 0.15) is 5.75 Å². The Labute approximate surface area is 113 Å². The summed E-state index contributed by atoms with van der Waals surface area (Å²) in [5.41, 5.74) is 0.633. The van der Waals surface area contributed by atoms with Gasteiger partial charge in [-0.1, -0.05) is 0 Å². The number of benzene rings is 1. The van der Waals surface area contributed by atoms with Gasteiger partial charge in [0.2, 0.25) is 0 Å². The predicted molar refractivity (Wildman–Crippen MR) is 72.7 cm³/mol. The van der Waals surface area contributed by atoms with Crippen molar-refractivity contribution in [1.29, 1.82) is 0 Å². The molecule has 0 saturated carbocycles. The summed E-state index contributed by atoms with van der Waals surface area (Å²) in [6, 6.07) is 6.99. The maximum atomic E-state index is 12.0. The Kier molecular flexibility index (Phi) is 6.49. The molecule has 0 aliphatic carbocycles. The zero-order valence-corrected chi connectivity index (χ0v) is 11.6. The second kappa shape index (κ2) is 7.89. The quantitative estimate of drug-likeness (QED) is 0.707. The van der Waals surface area contributed by atoms with Gasteiger partial charge >= 0.3 is 0 Å². The summed E-state index contributed by atoms with van der Waals surface area (Å²) >= 11 is 0. The molecule has 106 valence electrons. The van der Waals surface area contributed by atoms with E-state index < -0.39 is 6.10 Å². The van der Waals surface area contributed by atoms with Gasteiger partial charge in [0.05, 0.1) is 26.4 Å². The van der Waals surface area contributed by atoms with E-state index in [1.165, 1.54) is 7.11 Å². The number of aliphatic hydroxyl groups is 1. The maximum Gasteiger partial charge on any atom is 0.176 e. The third-order valence-electron chi connectivity index (χ3n) is 2.71. The lowest BCUT2D eigenvalue weighted by atomic mass is 10.1. The molecule has 5 heteroatoms. The predicted octanol–water partition coefficient (Wildman–Crippen LogP) is 0.817. The molecule has 1 atom stereocenters. The fourth-order valence-electron chi connectivity index (χ4n) is 1.78. The number of carbonyl (C=O) groups is 1. The number of aliphatic hydroxyl groups excluding tert-OH is 1. The van der Waals surface area contributed by atoms with E-state index in [1.54, 1.807) is 43.3 Å². The first kappa shape index (κ1) is 15.6. The molecule has 0 spiro atoms. The lowest BCUT2D eigenvalue weighted by Crippen LogP contribution is -2.35. The fraction of sp³-hybridized carbons (Fsp3) is 0.500. The van der Waals surface area contributed by atoms with Gasteiger partial charge in [-0.2, -0.15) is 0 Å². The minimum Gasteiger partial charge on any atom is -0.497 e. The van der Waals surface area contributed by atoms with E-state index >= 15 is 0 Å². The van der Waals surface area contributed by atoms with Crippen LogP contribution in [0.3, 0.4) is 0 Å². The number of methoxy groups -OCH3 is 2. The molecule has 0 aromatic heterocycles. The topological polar surface area (TPSA) is 59.0 Å². The highest BCUT2D eigenvalue weighted by Crippen LogP contribution is 2.12. The van der Waals surface area contributed by atoms with Crippen molar-refractivity contribution in [2.24, 2.45) is 0 Å². The van der Waals surface area contributed by atoms with Crippen LogP contribution in [-0.2, 0) is 4.74 Å². The number of hydrogen-bond acceptors (Lipinski definition) is 5. The second-order valence-corrected chi connectivity index (χ2v) is 4.46. The summed E-state index contributed by atoms with van der Waals surface area (Å²) in [6.07, 6.45) is -0.585. The van der Waals surface area contributed by atoms with E-state index in [1.807, 2.05) is 0 Å². The minimum atomic E-state index is -0.585. The van der Waals surface area contributed by atoms with Gasteiger partial charge < -0.3 is 14.6 Å². The van der Waals surface area contributed by atoms with Gasteiger partial charge in [0.15, 0.2) is 5.78 Å². The molecule has 0 aliphatic heterocycles. The molecule has 1 unspecified atom stereocenters. The van der Waals surface area contributed by atoms with E-state index in [0.29, 0.717) is 12.1 Å². The first-order valence-corrected chi connectivity index (χ1v) is 6.09. The van der Waals surface area contributed by atoms with Crippen molar-refractivity contribution in [3.63, 3.8) is 0 Å². The monoisotopic (exact) mass is 267 g/mol. The van der Waals surface area contributed by atoms with Crippen molar-refractivity contribution in [3.05, 3.63) is 29.8 Å². The van der Waals surface area contributed by atoms with Crippen LogP contribution in [0.4, 0.5) is 0 Å². The van der Waals surface area contributed by atoms with Gasteiger partial charge in [-0.05, 0) is 31.3 Å². The molecular weight excluding hydrogens is 246 g/mol. The lowest BCUT2D eigenvalue weighted by molar-refractivity contribution is 0.0427. The molecule has 1 rings (SSSR count). The zero-order valence-electron chi connectivity index (χ0n) is 11.6. The first-order valence-electron chi connectivity index (χ1n) is 6.09. The normalized spacial score (nSPS) is 12.5. The summed E-state index contributed by atoms with van der Waals surface area (Å²) in [5, 5.41) is 9.58. The van der Waals surface area contributed by atoms with Crippen molar-refractivity contribution in [2.75, 3.05) is 41.0 Å². The van der Waals surface area contributed by atoms with Crippen LogP contribution < -0.4 is 4.74 Å². The van der Waals surface area contributed by atoms with Gasteiger partial charge in [0, 0.05) is 19.2 Å². The Hall–Kier alpha value is -1.43. The molecule has 0 aliphatic rings. The summed E-state index contributed by atoms with van der Waals surface area (Å²) in [7, 11) is 4.91. The smallest absolute Gasteiger partial charge is 0.176 e. The van der Waals surface area contributed by atoms with Crippen LogP contribution in [0.15, 0.2) is 24.3 Å². The summed E-state index contributed by atoms with van der Waals surface area (Å²) < 4.78 is 9.89. The highest BCUT2D eigenvalue weighted by Gasteiger charge is 2.13. The standard InChI is InChI=1S/C14H21NO4/c1-15(8-12(16)10-18-2)9-14(17)11-4-6-13(19-3)7-5-11/h4-7,12,16H,8-10H2,1-3H3. The van der Waals surface area contributed by atoms with Crippen LogP contribution in [0.25, 0.3) is 0 Å². The number of rotatable bonds is 8. The van der Waals surface area contributed by atoms with E-state index in [2.05, 4.69) is 0 Å². The average molecular weight is 267 g/mol. The van der Waals surface area contributed by atoms with Crippen LogP contribution in [0, 0.1) is 0 Å². The largest absolute Gasteiger partial charge is 0.497 e. The van der Waals surface area contributed by atoms with Gasteiger partial charge in [0.25, 0.3) is 0 Å². The summed E-state index contributed by atoms with van der Waals surface area (Å²) in [4.78, 5) is 13.8. The Bertz CT molecular complexity index is 391. The van der Waals surface area contributed by atoms with Crippen molar-refractivity contribution in [1.82, 2.24) is 4.90 Å². The van der Waals surface area contributed by atoms with Crippen LogP contribution in [0.2, 0.25) is 0 Å². The van der Waals surface area contributed by atoms with E-state index in [0.717, 1.165) is 5.75 Å². The Morgan fingerprint density at radius 3 is 2.47 bits per heavy atom. The van der Waals surface area contributed by atoms with E-state index in [-0.39, 0.29) is 18.9 Å². The molecule has 19 heavy (non-hydrogen) atoms. The second-order valence-electron chi connectivity index (χ2n) is 4.46. The Balaban J connectivity index is 2.49. The van der Waals surface area contributed by atoms with Crippen LogP contribution >= 0.6 is 0 Å². The Morgan fingerprint density at radius 1 is 1.32 bits per heavy atom. The van der Waals surface area contributed by atoms with Gasteiger partial charge in [-0.15, -0.1) is 0 Å².